The van der Waals surface area contributed by atoms with Crippen LogP contribution in [0.15, 0.2) is 91.0 Å². The molecule has 2 heterocycles. The molecule has 0 saturated heterocycles. The van der Waals surface area contributed by atoms with Gasteiger partial charge in [-0.25, -0.2) is 13.9 Å². The predicted molar refractivity (Wildman–Crippen MR) is 125 cm³/mol. The van der Waals surface area contributed by atoms with Crippen LogP contribution in [0.3, 0.4) is 0 Å². The number of fused-ring (bicyclic) bond motifs is 1. The third-order valence-electron chi connectivity index (χ3n) is 5.23. The molecule has 33 heavy (non-hydrogen) atoms. The molecule has 162 valence electrons. The van der Waals surface area contributed by atoms with E-state index < -0.39 is 11.7 Å². The number of amides is 1. The third-order valence-corrected chi connectivity index (χ3v) is 5.23. The fourth-order valence-corrected chi connectivity index (χ4v) is 3.64. The van der Waals surface area contributed by atoms with Gasteiger partial charge in [-0.05, 0) is 30.3 Å². The molecule has 7 heteroatoms. The van der Waals surface area contributed by atoms with Crippen LogP contribution in [0.4, 0.5) is 10.1 Å². The Balaban J connectivity index is 1.68. The van der Waals surface area contributed by atoms with Gasteiger partial charge in [-0.3, -0.25) is 4.79 Å². The van der Waals surface area contributed by atoms with Gasteiger partial charge in [0.05, 0.1) is 24.2 Å². The van der Waals surface area contributed by atoms with E-state index in [1.54, 1.807) is 29.8 Å². The molecule has 0 saturated carbocycles. The zero-order valence-corrected chi connectivity index (χ0v) is 17.7. The lowest BCUT2D eigenvalue weighted by atomic mass is 10.1. The fourth-order valence-electron chi connectivity index (χ4n) is 3.64. The number of nitrogens with zero attached hydrogens (tertiary/aromatic N) is 3. The second-order valence-corrected chi connectivity index (χ2v) is 7.33. The zero-order valence-electron chi connectivity index (χ0n) is 17.7. The Morgan fingerprint density at radius 2 is 1.67 bits per heavy atom. The molecular formula is C26H19FN4O2. The second-order valence-electron chi connectivity index (χ2n) is 7.33. The van der Waals surface area contributed by atoms with E-state index in [2.05, 4.69) is 10.3 Å². The average Bonchev–Trinajstić information content (AvgIpc) is 3.30. The average molecular weight is 438 g/mol. The summed E-state index contributed by atoms with van der Waals surface area (Å²) >= 11 is 0. The normalized spacial score (nSPS) is 10.8. The highest BCUT2D eigenvalue weighted by Crippen LogP contribution is 2.31. The van der Waals surface area contributed by atoms with Gasteiger partial charge < -0.3 is 10.1 Å². The van der Waals surface area contributed by atoms with Crippen LogP contribution < -0.4 is 10.1 Å². The SMILES string of the molecule is COc1ccccc1-c1cc(C(=O)Nc2ccccc2F)nc2cc(-c3ccccc3)nn12. The van der Waals surface area contributed by atoms with Gasteiger partial charge >= 0.3 is 0 Å². The summed E-state index contributed by atoms with van der Waals surface area (Å²) in [4.78, 5) is 17.5. The maximum Gasteiger partial charge on any atom is 0.274 e. The van der Waals surface area contributed by atoms with Gasteiger partial charge in [-0.15, -0.1) is 0 Å². The number of carbonyl (C=O) groups excluding carboxylic acids is 1. The number of aromatic nitrogens is 3. The molecule has 0 unspecified atom stereocenters. The van der Waals surface area contributed by atoms with Crippen molar-refractivity contribution in [2.45, 2.75) is 0 Å². The van der Waals surface area contributed by atoms with Crippen LogP contribution in [0.5, 0.6) is 5.75 Å². The highest BCUT2D eigenvalue weighted by atomic mass is 19.1. The highest BCUT2D eigenvalue weighted by molar-refractivity contribution is 6.04. The predicted octanol–water partition coefficient (Wildman–Crippen LogP) is 5.46. The van der Waals surface area contributed by atoms with E-state index >= 15 is 0 Å². The standard InChI is InChI=1S/C26H19FN4O2/c1-33-24-14-8-5-11-18(24)23-15-22(26(32)29-20-13-7-6-12-19(20)27)28-25-16-21(30-31(23)25)17-9-3-2-4-10-17/h2-16H,1H3,(H,29,32). The summed E-state index contributed by atoms with van der Waals surface area (Å²) < 4.78 is 21.3. The van der Waals surface area contributed by atoms with Crippen LogP contribution in [0.1, 0.15) is 10.5 Å². The highest BCUT2D eigenvalue weighted by Gasteiger charge is 2.19. The summed E-state index contributed by atoms with van der Waals surface area (Å²) in [5.41, 5.74) is 3.70. The number of methoxy groups -OCH3 is 1. The Morgan fingerprint density at radius 1 is 0.939 bits per heavy atom. The molecule has 5 rings (SSSR count). The lowest BCUT2D eigenvalue weighted by Crippen LogP contribution is -2.16. The molecule has 1 N–H and O–H groups in total. The van der Waals surface area contributed by atoms with Gasteiger partial charge in [-0.2, -0.15) is 5.10 Å². The van der Waals surface area contributed by atoms with Crippen molar-refractivity contribution in [1.29, 1.82) is 0 Å². The number of anilines is 1. The topological polar surface area (TPSA) is 68.5 Å². The van der Waals surface area contributed by atoms with Gasteiger partial charge in [0.15, 0.2) is 5.65 Å². The molecule has 0 atom stereocenters. The van der Waals surface area contributed by atoms with Crippen LogP contribution in [0, 0.1) is 5.82 Å². The summed E-state index contributed by atoms with van der Waals surface area (Å²) in [6.45, 7) is 0. The van der Waals surface area contributed by atoms with E-state index in [0.717, 1.165) is 11.1 Å². The molecular weight excluding hydrogens is 419 g/mol. The van der Waals surface area contributed by atoms with Crippen LogP contribution in [-0.2, 0) is 0 Å². The largest absolute Gasteiger partial charge is 0.496 e. The van der Waals surface area contributed by atoms with Crippen LogP contribution >= 0.6 is 0 Å². The van der Waals surface area contributed by atoms with Crippen molar-refractivity contribution in [2.24, 2.45) is 0 Å². The quantitative estimate of drug-likeness (QED) is 0.395. The smallest absolute Gasteiger partial charge is 0.274 e. The molecule has 0 aliphatic heterocycles. The minimum absolute atomic E-state index is 0.0847. The van der Waals surface area contributed by atoms with Gasteiger partial charge in [-0.1, -0.05) is 54.6 Å². The number of ether oxygens (including phenoxy) is 1. The first-order chi connectivity index (χ1) is 16.1. The molecule has 0 bridgehead atoms. The molecule has 6 nitrogen and oxygen atoms in total. The monoisotopic (exact) mass is 438 g/mol. The Morgan fingerprint density at radius 3 is 2.45 bits per heavy atom. The lowest BCUT2D eigenvalue weighted by molar-refractivity contribution is 0.102. The summed E-state index contributed by atoms with van der Waals surface area (Å²) in [5, 5.41) is 7.34. The fraction of sp³-hybridized carbons (Fsp3) is 0.0385. The minimum atomic E-state index is -0.527. The molecule has 0 spiro atoms. The minimum Gasteiger partial charge on any atom is -0.496 e. The molecule has 0 radical (unpaired) electrons. The summed E-state index contributed by atoms with van der Waals surface area (Å²) in [6, 6.07) is 26.6. The number of para-hydroxylation sites is 2. The van der Waals surface area contributed by atoms with E-state index in [0.29, 0.717) is 22.8 Å². The van der Waals surface area contributed by atoms with Crippen molar-refractivity contribution >= 4 is 17.2 Å². The summed E-state index contributed by atoms with van der Waals surface area (Å²) in [7, 11) is 1.58. The van der Waals surface area contributed by atoms with Crippen LogP contribution in [0.2, 0.25) is 0 Å². The van der Waals surface area contributed by atoms with E-state index in [9.17, 15) is 9.18 Å². The van der Waals surface area contributed by atoms with Crippen molar-refractivity contribution in [3.8, 4) is 28.3 Å². The molecule has 5 aromatic rings. The van der Waals surface area contributed by atoms with Gasteiger partial charge in [0.25, 0.3) is 5.91 Å². The van der Waals surface area contributed by atoms with Crippen molar-refractivity contribution < 1.29 is 13.9 Å². The number of hydrogen-bond acceptors (Lipinski definition) is 4. The Kier molecular flexibility index (Phi) is 5.28. The molecule has 0 aliphatic carbocycles. The van der Waals surface area contributed by atoms with Crippen molar-refractivity contribution in [2.75, 3.05) is 12.4 Å². The van der Waals surface area contributed by atoms with Gasteiger partial charge in [0.1, 0.15) is 17.3 Å². The maximum absolute atomic E-state index is 14.1. The number of nitrogens with one attached hydrogen (secondary N) is 1. The van der Waals surface area contributed by atoms with Gasteiger partial charge in [0, 0.05) is 17.2 Å². The van der Waals surface area contributed by atoms with Gasteiger partial charge in [0.2, 0.25) is 0 Å². The number of hydrogen-bond donors (Lipinski definition) is 1. The third kappa shape index (κ3) is 3.92. The van der Waals surface area contributed by atoms with E-state index in [1.165, 1.54) is 12.1 Å². The molecule has 1 amide bonds. The van der Waals surface area contributed by atoms with Crippen molar-refractivity contribution in [3.63, 3.8) is 0 Å². The Bertz CT molecular complexity index is 1460. The van der Waals surface area contributed by atoms with Crippen LogP contribution in [-0.4, -0.2) is 27.6 Å². The van der Waals surface area contributed by atoms with E-state index in [1.807, 2.05) is 60.7 Å². The number of rotatable bonds is 5. The molecule has 2 aromatic heterocycles. The zero-order chi connectivity index (χ0) is 22.8. The number of carbonyl (C=O) groups is 1. The molecule has 3 aromatic carbocycles. The first kappa shape index (κ1) is 20.4. The van der Waals surface area contributed by atoms with Crippen molar-refractivity contribution in [1.82, 2.24) is 14.6 Å². The summed E-state index contributed by atoms with van der Waals surface area (Å²) in [6.07, 6.45) is 0. The number of halogens is 1. The van der Waals surface area contributed by atoms with Crippen LogP contribution in [0.25, 0.3) is 28.2 Å². The Labute approximate surface area is 189 Å². The first-order valence-electron chi connectivity index (χ1n) is 10.3. The Hall–Kier alpha value is -4.52. The van der Waals surface area contributed by atoms with E-state index in [-0.39, 0.29) is 11.4 Å². The van der Waals surface area contributed by atoms with E-state index in [4.69, 9.17) is 9.84 Å². The van der Waals surface area contributed by atoms with Crippen molar-refractivity contribution in [3.05, 3.63) is 103 Å². The first-order valence-corrected chi connectivity index (χ1v) is 10.3. The molecule has 0 aliphatic rings. The lowest BCUT2D eigenvalue weighted by Gasteiger charge is -2.12. The summed E-state index contributed by atoms with van der Waals surface area (Å²) in [5.74, 6) is -0.420. The molecule has 0 fully saturated rings. The number of benzene rings is 3. The second kappa shape index (κ2) is 8.55. The maximum atomic E-state index is 14.1.